The first kappa shape index (κ1) is 17.9. The van der Waals surface area contributed by atoms with E-state index in [9.17, 15) is 4.79 Å². The minimum absolute atomic E-state index is 0.136. The van der Waals surface area contributed by atoms with Crippen LogP contribution in [0.1, 0.15) is 28.8 Å². The summed E-state index contributed by atoms with van der Waals surface area (Å²) in [6, 6.07) is 15.3. The van der Waals surface area contributed by atoms with Crippen LogP contribution in [0.25, 0.3) is 0 Å². The number of hydrogen-bond donors (Lipinski definition) is 2. The number of anilines is 1. The Kier molecular flexibility index (Phi) is 6.45. The van der Waals surface area contributed by atoms with Gasteiger partial charge >= 0.3 is 0 Å². The zero-order valence-electron chi connectivity index (χ0n) is 14.1. The van der Waals surface area contributed by atoms with E-state index in [-0.39, 0.29) is 5.91 Å². The Bertz CT molecular complexity index is 680. The molecular weight excluding hydrogens is 336 g/mol. The van der Waals surface area contributed by atoms with Crippen LogP contribution in [0.3, 0.4) is 0 Å². The molecule has 2 aromatic rings. The zero-order chi connectivity index (χ0) is 17.5. The number of hydrogen-bond acceptors (Lipinski definition) is 3. The average Bonchev–Trinajstić information content (AvgIpc) is 2.64. The van der Waals surface area contributed by atoms with Gasteiger partial charge in [-0.3, -0.25) is 4.79 Å². The van der Waals surface area contributed by atoms with Crippen molar-refractivity contribution in [2.24, 2.45) is 0 Å². The Morgan fingerprint density at radius 1 is 1.12 bits per heavy atom. The van der Waals surface area contributed by atoms with Crippen molar-refractivity contribution in [3.8, 4) is 0 Å². The van der Waals surface area contributed by atoms with Crippen molar-refractivity contribution in [3.05, 3.63) is 64.7 Å². The van der Waals surface area contributed by atoms with Gasteiger partial charge in [0, 0.05) is 28.9 Å². The van der Waals surface area contributed by atoms with Crippen molar-refractivity contribution in [1.82, 2.24) is 5.32 Å². The molecule has 1 atom stereocenters. The monoisotopic (exact) mass is 358 g/mol. The number of amides is 1. The first-order chi connectivity index (χ1) is 12.2. The van der Waals surface area contributed by atoms with Gasteiger partial charge in [-0.1, -0.05) is 23.7 Å². The summed E-state index contributed by atoms with van der Waals surface area (Å²) in [4.78, 5) is 12.2. The van der Waals surface area contributed by atoms with Gasteiger partial charge in [-0.15, -0.1) is 0 Å². The summed E-state index contributed by atoms with van der Waals surface area (Å²) < 4.78 is 5.47. The predicted octanol–water partition coefficient (Wildman–Crippen LogP) is 3.90. The smallest absolute Gasteiger partial charge is 0.255 e. The number of rotatable bonds is 6. The van der Waals surface area contributed by atoms with Crippen molar-refractivity contribution in [3.63, 3.8) is 0 Å². The highest BCUT2D eigenvalue weighted by Gasteiger charge is 2.12. The number of carbonyl (C=O) groups is 1. The summed E-state index contributed by atoms with van der Waals surface area (Å²) in [7, 11) is 0. The number of nitrogens with one attached hydrogen (secondary N) is 2. The summed E-state index contributed by atoms with van der Waals surface area (Å²) in [6.07, 6.45) is 3.29. The molecular formula is C20H23ClN2O2. The highest BCUT2D eigenvalue weighted by molar-refractivity contribution is 6.30. The van der Waals surface area contributed by atoms with Crippen LogP contribution in [0.5, 0.6) is 0 Å². The molecule has 0 aromatic heterocycles. The molecule has 1 aliphatic rings. The van der Waals surface area contributed by atoms with Crippen LogP contribution < -0.4 is 10.6 Å². The fourth-order valence-electron chi connectivity index (χ4n) is 2.88. The Labute approximate surface area is 153 Å². The highest BCUT2D eigenvalue weighted by Crippen LogP contribution is 2.14. The van der Waals surface area contributed by atoms with Gasteiger partial charge in [0.1, 0.15) is 0 Å². The van der Waals surface area contributed by atoms with Gasteiger partial charge in [-0.2, -0.15) is 0 Å². The zero-order valence-corrected chi connectivity index (χ0v) is 14.9. The predicted molar refractivity (Wildman–Crippen MR) is 101 cm³/mol. The van der Waals surface area contributed by atoms with Gasteiger partial charge in [-0.05, 0) is 67.8 Å². The molecule has 2 aromatic carbocycles. The van der Waals surface area contributed by atoms with Gasteiger partial charge < -0.3 is 15.4 Å². The van der Waals surface area contributed by atoms with Gasteiger partial charge in [0.2, 0.25) is 0 Å². The van der Waals surface area contributed by atoms with Crippen molar-refractivity contribution >= 4 is 23.2 Å². The molecule has 1 saturated heterocycles. The number of carbonyl (C=O) groups excluding carboxylic acids is 1. The molecule has 5 heteroatoms. The minimum Gasteiger partial charge on any atom is -0.380 e. The summed E-state index contributed by atoms with van der Waals surface area (Å²) in [6.45, 7) is 2.64. The summed E-state index contributed by atoms with van der Waals surface area (Å²) in [5, 5.41) is 7.06. The molecule has 0 spiro atoms. The van der Waals surface area contributed by atoms with Crippen LogP contribution in [0.2, 0.25) is 5.02 Å². The van der Waals surface area contributed by atoms with E-state index in [2.05, 4.69) is 22.8 Å². The average molecular weight is 359 g/mol. The lowest BCUT2D eigenvalue weighted by Crippen LogP contribution is -2.37. The van der Waals surface area contributed by atoms with Gasteiger partial charge in [0.05, 0.1) is 6.61 Å². The van der Waals surface area contributed by atoms with Crippen molar-refractivity contribution in [2.45, 2.75) is 25.3 Å². The molecule has 1 aliphatic heterocycles. The molecule has 0 saturated carbocycles. The molecule has 1 unspecified atom stereocenters. The highest BCUT2D eigenvalue weighted by atomic mass is 35.5. The van der Waals surface area contributed by atoms with Crippen LogP contribution >= 0.6 is 11.6 Å². The molecule has 1 fully saturated rings. The Morgan fingerprint density at radius 2 is 1.88 bits per heavy atom. The lowest BCUT2D eigenvalue weighted by Gasteiger charge is -2.23. The first-order valence-electron chi connectivity index (χ1n) is 8.68. The number of benzene rings is 2. The molecule has 132 valence electrons. The summed E-state index contributed by atoms with van der Waals surface area (Å²) >= 11 is 5.84. The fraction of sp³-hybridized carbons (Fsp3) is 0.350. The number of ether oxygens (including phenoxy) is 1. The van der Waals surface area contributed by atoms with Gasteiger partial charge in [0.25, 0.3) is 5.91 Å². The SMILES string of the molecule is O=C(Nc1ccc(CCNC2CCCOC2)cc1)c1ccc(Cl)cc1. The van der Waals surface area contributed by atoms with E-state index in [0.29, 0.717) is 16.6 Å². The molecule has 4 nitrogen and oxygen atoms in total. The lowest BCUT2D eigenvalue weighted by molar-refractivity contribution is 0.0707. The summed E-state index contributed by atoms with van der Waals surface area (Å²) in [5.74, 6) is -0.136. The molecule has 0 bridgehead atoms. The van der Waals surface area contributed by atoms with Crippen LogP contribution in [0.15, 0.2) is 48.5 Å². The third-order valence-corrected chi connectivity index (χ3v) is 4.58. The molecule has 2 N–H and O–H groups in total. The molecule has 25 heavy (non-hydrogen) atoms. The van der Waals surface area contributed by atoms with E-state index < -0.39 is 0 Å². The maximum atomic E-state index is 12.2. The first-order valence-corrected chi connectivity index (χ1v) is 9.05. The molecule has 0 radical (unpaired) electrons. The number of halogens is 1. The topological polar surface area (TPSA) is 50.4 Å². The second kappa shape index (κ2) is 8.99. The van der Waals surface area contributed by atoms with Crippen LogP contribution in [0, 0.1) is 0 Å². The van der Waals surface area contributed by atoms with Crippen molar-refractivity contribution in [1.29, 1.82) is 0 Å². The standard InChI is InChI=1S/C20H23ClN2O2/c21-17-7-5-16(6-8-17)20(24)23-18-9-3-15(4-10-18)11-12-22-19-2-1-13-25-14-19/h3-10,19,22H,1-2,11-14H2,(H,23,24). The molecule has 3 rings (SSSR count). The Morgan fingerprint density at radius 3 is 2.56 bits per heavy atom. The molecule has 0 aliphatic carbocycles. The van der Waals surface area contributed by atoms with E-state index in [0.717, 1.165) is 38.3 Å². The molecule has 1 heterocycles. The van der Waals surface area contributed by atoms with Crippen LogP contribution in [-0.2, 0) is 11.2 Å². The fourth-order valence-corrected chi connectivity index (χ4v) is 3.01. The van der Waals surface area contributed by atoms with Gasteiger partial charge in [-0.25, -0.2) is 0 Å². The third-order valence-electron chi connectivity index (χ3n) is 4.33. The third kappa shape index (κ3) is 5.56. The second-order valence-electron chi connectivity index (χ2n) is 6.28. The van der Waals surface area contributed by atoms with E-state index in [1.807, 2.05) is 12.1 Å². The normalized spacial score (nSPS) is 17.2. The van der Waals surface area contributed by atoms with E-state index in [1.165, 1.54) is 12.0 Å². The van der Waals surface area contributed by atoms with Crippen LogP contribution in [0.4, 0.5) is 5.69 Å². The summed E-state index contributed by atoms with van der Waals surface area (Å²) in [5.41, 5.74) is 2.62. The quantitative estimate of drug-likeness (QED) is 0.823. The molecule has 1 amide bonds. The van der Waals surface area contributed by atoms with Gasteiger partial charge in [0.15, 0.2) is 0 Å². The van der Waals surface area contributed by atoms with Crippen LogP contribution in [-0.4, -0.2) is 31.7 Å². The lowest BCUT2D eigenvalue weighted by atomic mass is 10.1. The largest absolute Gasteiger partial charge is 0.380 e. The maximum absolute atomic E-state index is 12.2. The Hall–Kier alpha value is -1.88. The second-order valence-corrected chi connectivity index (χ2v) is 6.71. The Balaban J connectivity index is 1.46. The van der Waals surface area contributed by atoms with E-state index in [1.54, 1.807) is 24.3 Å². The maximum Gasteiger partial charge on any atom is 0.255 e. The van der Waals surface area contributed by atoms with E-state index in [4.69, 9.17) is 16.3 Å². The van der Waals surface area contributed by atoms with Crippen molar-refractivity contribution < 1.29 is 9.53 Å². The van der Waals surface area contributed by atoms with E-state index >= 15 is 0 Å². The van der Waals surface area contributed by atoms with Crippen molar-refractivity contribution in [2.75, 3.05) is 25.1 Å². The minimum atomic E-state index is -0.136.